The Hall–Kier alpha value is -4.00. The molecule has 43 heavy (non-hydrogen) atoms. The zero-order valence-electron chi connectivity index (χ0n) is 25.4. The van der Waals surface area contributed by atoms with Crippen molar-refractivity contribution in [2.24, 2.45) is 17.6 Å². The Morgan fingerprint density at radius 3 is 2.07 bits per heavy atom. The highest BCUT2D eigenvalue weighted by molar-refractivity contribution is 5.96. The van der Waals surface area contributed by atoms with Crippen LogP contribution in [0.4, 0.5) is 0 Å². The number of carbonyl (C=O) groups is 6. The van der Waals surface area contributed by atoms with Gasteiger partial charge in [-0.1, -0.05) is 64.4 Å². The maximum atomic E-state index is 13.6. The second-order valence-electron chi connectivity index (χ2n) is 11.5. The van der Waals surface area contributed by atoms with Crippen molar-refractivity contribution in [1.82, 2.24) is 26.6 Å². The number of nitrogens with one attached hydrogen (secondary N) is 5. The first kappa shape index (κ1) is 35.2. The van der Waals surface area contributed by atoms with Crippen molar-refractivity contribution in [3.8, 4) is 0 Å². The SMILES string of the molecule is CC[C@H](C)[C@H](NC(=O)[C@H](Cc1ccccc1)NC(=O)[C@@H]1CCCN1)C(=O)N[C@@H](CC(C)C)C(=O)N[C@@H](CC(N)=O)C(=O)O. The lowest BCUT2D eigenvalue weighted by atomic mass is 9.95. The van der Waals surface area contributed by atoms with Gasteiger partial charge in [-0.3, -0.25) is 24.0 Å². The van der Waals surface area contributed by atoms with Crippen molar-refractivity contribution < 1.29 is 33.9 Å². The van der Waals surface area contributed by atoms with Crippen LogP contribution >= 0.6 is 0 Å². The van der Waals surface area contributed by atoms with E-state index in [0.717, 1.165) is 12.0 Å². The van der Waals surface area contributed by atoms with Crippen LogP contribution in [-0.2, 0) is 35.2 Å². The van der Waals surface area contributed by atoms with Gasteiger partial charge < -0.3 is 37.4 Å². The van der Waals surface area contributed by atoms with Gasteiger partial charge in [0, 0.05) is 6.42 Å². The minimum Gasteiger partial charge on any atom is -0.480 e. The number of aliphatic carboxylic acids is 1. The fourth-order valence-electron chi connectivity index (χ4n) is 4.83. The van der Waals surface area contributed by atoms with Crippen molar-refractivity contribution >= 4 is 35.5 Å². The zero-order chi connectivity index (χ0) is 32.1. The van der Waals surface area contributed by atoms with E-state index < -0.39 is 66.2 Å². The number of hydrogen-bond donors (Lipinski definition) is 7. The molecule has 1 aromatic rings. The van der Waals surface area contributed by atoms with Crippen LogP contribution in [0.25, 0.3) is 0 Å². The second kappa shape index (κ2) is 17.2. The molecule has 13 nitrogen and oxygen atoms in total. The summed E-state index contributed by atoms with van der Waals surface area (Å²) in [7, 11) is 0. The molecule has 1 aliphatic rings. The number of hydrogen-bond acceptors (Lipinski definition) is 7. The van der Waals surface area contributed by atoms with E-state index in [1.165, 1.54) is 0 Å². The van der Waals surface area contributed by atoms with Crippen LogP contribution in [0, 0.1) is 11.8 Å². The maximum absolute atomic E-state index is 13.6. The Kier molecular flexibility index (Phi) is 14.1. The van der Waals surface area contributed by atoms with Gasteiger partial charge in [0.2, 0.25) is 29.5 Å². The van der Waals surface area contributed by atoms with Crippen LogP contribution in [0.1, 0.15) is 65.4 Å². The first-order valence-corrected chi connectivity index (χ1v) is 14.8. The molecular formula is C30H46N6O7. The maximum Gasteiger partial charge on any atom is 0.326 e. The number of amides is 5. The van der Waals surface area contributed by atoms with Gasteiger partial charge in [-0.2, -0.15) is 0 Å². The van der Waals surface area contributed by atoms with Crippen molar-refractivity contribution in [2.45, 2.75) is 96.4 Å². The van der Waals surface area contributed by atoms with Gasteiger partial charge in [-0.25, -0.2) is 4.79 Å². The Balaban J connectivity index is 2.25. The lowest BCUT2D eigenvalue weighted by molar-refractivity contribution is -0.144. The standard InChI is InChI=1S/C30H46N6O7/c1-5-18(4)25(29(41)34-21(14-17(2)3)27(39)35-23(30(42)43)16-24(31)37)36-28(40)22(15-19-10-7-6-8-11-19)33-26(38)20-12-9-13-32-20/h6-8,10-11,17-18,20-23,25,32H,5,9,12-16H2,1-4H3,(H2,31,37)(H,33,38)(H,34,41)(H,35,39)(H,36,40)(H,42,43)/t18-,20-,21-,22-,23-,25-/m0/s1. The van der Waals surface area contributed by atoms with Gasteiger partial charge in [-0.15, -0.1) is 0 Å². The minimum atomic E-state index is -1.56. The average Bonchev–Trinajstić information content (AvgIpc) is 3.49. The molecule has 1 fully saturated rings. The van der Waals surface area contributed by atoms with Gasteiger partial charge in [0.05, 0.1) is 12.5 Å². The molecule has 238 valence electrons. The summed E-state index contributed by atoms with van der Waals surface area (Å²) in [5, 5.41) is 23.1. The number of primary amides is 1. The minimum absolute atomic E-state index is 0.0678. The highest BCUT2D eigenvalue weighted by Crippen LogP contribution is 2.13. The van der Waals surface area contributed by atoms with Crippen LogP contribution < -0.4 is 32.3 Å². The van der Waals surface area contributed by atoms with Gasteiger partial charge in [0.25, 0.3) is 0 Å². The molecule has 0 aliphatic carbocycles. The summed E-state index contributed by atoms with van der Waals surface area (Å²) < 4.78 is 0. The average molecular weight is 603 g/mol. The molecule has 13 heteroatoms. The van der Waals surface area contributed by atoms with Crippen LogP contribution in [-0.4, -0.2) is 77.4 Å². The lowest BCUT2D eigenvalue weighted by Crippen LogP contribution is -2.60. The molecular weight excluding hydrogens is 556 g/mol. The van der Waals surface area contributed by atoms with Gasteiger partial charge >= 0.3 is 5.97 Å². The number of carbonyl (C=O) groups excluding carboxylic acids is 5. The Bertz CT molecular complexity index is 1120. The van der Waals surface area contributed by atoms with Crippen molar-refractivity contribution in [2.75, 3.05) is 6.54 Å². The summed E-state index contributed by atoms with van der Waals surface area (Å²) in [5.41, 5.74) is 5.95. The molecule has 0 saturated carbocycles. The molecule has 1 saturated heterocycles. The number of carboxylic acid groups (broad SMARTS) is 1. The van der Waals surface area contributed by atoms with Crippen LogP contribution in [0.15, 0.2) is 30.3 Å². The Labute approximate surface area is 252 Å². The molecule has 0 spiro atoms. The fraction of sp³-hybridized carbons (Fsp3) is 0.600. The van der Waals surface area contributed by atoms with Crippen molar-refractivity contribution in [3.63, 3.8) is 0 Å². The summed E-state index contributed by atoms with van der Waals surface area (Å²) in [6.07, 6.45) is 1.79. The van der Waals surface area contributed by atoms with E-state index in [2.05, 4.69) is 26.6 Å². The summed E-state index contributed by atoms with van der Waals surface area (Å²) in [6.45, 7) is 8.00. The highest BCUT2D eigenvalue weighted by atomic mass is 16.4. The van der Waals surface area contributed by atoms with Gasteiger partial charge in [0.15, 0.2) is 0 Å². The molecule has 8 N–H and O–H groups in total. The quantitative estimate of drug-likeness (QED) is 0.128. The first-order valence-electron chi connectivity index (χ1n) is 14.8. The first-order chi connectivity index (χ1) is 20.3. The van der Waals surface area contributed by atoms with E-state index in [9.17, 15) is 33.9 Å². The third-order valence-electron chi connectivity index (χ3n) is 7.45. The number of nitrogens with two attached hydrogens (primary N) is 1. The van der Waals surface area contributed by atoms with E-state index in [-0.39, 0.29) is 30.6 Å². The van der Waals surface area contributed by atoms with Crippen molar-refractivity contribution in [1.29, 1.82) is 0 Å². The largest absolute Gasteiger partial charge is 0.480 e. The van der Waals surface area contributed by atoms with Crippen LogP contribution in [0.2, 0.25) is 0 Å². The number of benzene rings is 1. The summed E-state index contributed by atoms with van der Waals surface area (Å²) in [4.78, 5) is 76.1. The molecule has 1 aromatic carbocycles. The smallest absolute Gasteiger partial charge is 0.326 e. The van der Waals surface area contributed by atoms with Crippen LogP contribution in [0.5, 0.6) is 0 Å². The topological polar surface area (TPSA) is 209 Å². The summed E-state index contributed by atoms with van der Waals surface area (Å²) >= 11 is 0. The van der Waals surface area contributed by atoms with Gasteiger partial charge in [0.1, 0.15) is 24.2 Å². The number of carboxylic acids is 1. The monoisotopic (exact) mass is 602 g/mol. The fourth-order valence-corrected chi connectivity index (χ4v) is 4.83. The Morgan fingerprint density at radius 1 is 0.907 bits per heavy atom. The lowest BCUT2D eigenvalue weighted by Gasteiger charge is -2.29. The van der Waals surface area contributed by atoms with E-state index in [4.69, 9.17) is 5.73 Å². The molecule has 6 atom stereocenters. The van der Waals surface area contributed by atoms with Crippen LogP contribution in [0.3, 0.4) is 0 Å². The normalized spacial score (nSPS) is 18.0. The second-order valence-corrected chi connectivity index (χ2v) is 11.5. The highest BCUT2D eigenvalue weighted by Gasteiger charge is 2.35. The molecule has 0 radical (unpaired) electrons. The molecule has 0 unspecified atom stereocenters. The number of rotatable bonds is 17. The Morgan fingerprint density at radius 2 is 1.53 bits per heavy atom. The molecule has 2 rings (SSSR count). The van der Waals surface area contributed by atoms with E-state index >= 15 is 0 Å². The molecule has 5 amide bonds. The third-order valence-corrected chi connectivity index (χ3v) is 7.45. The predicted molar refractivity (Wildman–Crippen MR) is 159 cm³/mol. The molecule has 0 bridgehead atoms. The molecule has 0 aromatic heterocycles. The van der Waals surface area contributed by atoms with Crippen molar-refractivity contribution in [3.05, 3.63) is 35.9 Å². The summed E-state index contributed by atoms with van der Waals surface area (Å²) in [6, 6.07) is 4.08. The van der Waals surface area contributed by atoms with E-state index in [0.29, 0.717) is 19.4 Å². The van der Waals surface area contributed by atoms with E-state index in [1.807, 2.05) is 51.1 Å². The third kappa shape index (κ3) is 11.7. The predicted octanol–water partition coefficient (Wildman–Crippen LogP) is -0.0275. The summed E-state index contributed by atoms with van der Waals surface area (Å²) in [5.74, 6) is -5.03. The zero-order valence-corrected chi connectivity index (χ0v) is 25.4. The molecule has 1 heterocycles. The molecule has 1 aliphatic heterocycles. The van der Waals surface area contributed by atoms with Gasteiger partial charge in [-0.05, 0) is 43.2 Å². The van der Waals surface area contributed by atoms with E-state index in [1.54, 1.807) is 6.92 Å².